The van der Waals surface area contributed by atoms with Gasteiger partial charge in [0, 0.05) is 19.2 Å². The van der Waals surface area contributed by atoms with Crippen LogP contribution in [0.2, 0.25) is 0 Å². The third kappa shape index (κ3) is 4.51. The quantitative estimate of drug-likeness (QED) is 0.799. The Bertz CT molecular complexity index is 431. The third-order valence-electron chi connectivity index (χ3n) is 3.66. The Hall–Kier alpha value is -1.46. The second-order valence-corrected chi connectivity index (χ2v) is 5.46. The van der Waals surface area contributed by atoms with Crippen LogP contribution in [0.25, 0.3) is 0 Å². The number of rotatable bonds is 8. The van der Waals surface area contributed by atoms with E-state index in [4.69, 9.17) is 18.9 Å². The van der Waals surface area contributed by atoms with Crippen molar-refractivity contribution in [2.75, 3.05) is 28.4 Å². The Morgan fingerprint density at radius 2 is 1.52 bits per heavy atom. The monoisotopic (exact) mass is 298 g/mol. The van der Waals surface area contributed by atoms with Crippen molar-refractivity contribution in [3.05, 3.63) is 17.7 Å². The lowest BCUT2D eigenvalue weighted by Gasteiger charge is -2.25. The normalized spacial score (nSPS) is 12.9. The largest absolute Gasteiger partial charge is 0.496 e. The fourth-order valence-electron chi connectivity index (χ4n) is 2.09. The van der Waals surface area contributed by atoms with E-state index in [9.17, 15) is 5.11 Å². The maximum Gasteiger partial charge on any atom is 0.132 e. The molecule has 0 fully saturated rings. The topological polar surface area (TPSA) is 57.2 Å². The molecule has 1 N–H and O–H groups in total. The fraction of sp³-hybridized carbons (Fsp3) is 0.625. The molecule has 1 unspecified atom stereocenters. The zero-order chi connectivity index (χ0) is 16.0. The predicted octanol–water partition coefficient (Wildman–Crippen LogP) is 2.95. The van der Waals surface area contributed by atoms with E-state index in [0.717, 1.165) is 0 Å². The van der Waals surface area contributed by atoms with Crippen molar-refractivity contribution in [1.82, 2.24) is 0 Å². The summed E-state index contributed by atoms with van der Waals surface area (Å²) >= 11 is 0. The van der Waals surface area contributed by atoms with Crippen LogP contribution in [-0.2, 0) is 4.74 Å². The summed E-state index contributed by atoms with van der Waals surface area (Å²) in [5.41, 5.74) is 0.348. The first-order valence-corrected chi connectivity index (χ1v) is 6.91. The van der Waals surface area contributed by atoms with Crippen LogP contribution in [0.5, 0.6) is 17.2 Å². The highest BCUT2D eigenvalue weighted by molar-refractivity contribution is 5.51. The lowest BCUT2D eigenvalue weighted by molar-refractivity contribution is 0.00237. The smallest absolute Gasteiger partial charge is 0.132 e. The molecular weight excluding hydrogens is 272 g/mol. The van der Waals surface area contributed by atoms with Crippen LogP contribution in [0.15, 0.2) is 12.1 Å². The summed E-state index contributed by atoms with van der Waals surface area (Å²) in [4.78, 5) is 0. The number of ether oxygens (including phenoxy) is 4. The molecule has 0 spiro atoms. The van der Waals surface area contributed by atoms with Crippen molar-refractivity contribution in [1.29, 1.82) is 0 Å². The summed E-state index contributed by atoms with van der Waals surface area (Å²) in [6.07, 6.45) is 0.554. The van der Waals surface area contributed by atoms with Gasteiger partial charge in [-0.3, -0.25) is 0 Å². The van der Waals surface area contributed by atoms with Crippen molar-refractivity contribution in [2.24, 2.45) is 0 Å². The molecule has 1 rings (SSSR count). The van der Waals surface area contributed by atoms with Crippen molar-refractivity contribution < 1.29 is 24.1 Å². The highest BCUT2D eigenvalue weighted by Crippen LogP contribution is 2.40. The van der Waals surface area contributed by atoms with E-state index < -0.39 is 6.10 Å². The molecule has 1 aromatic carbocycles. The van der Waals surface area contributed by atoms with Gasteiger partial charge in [0.05, 0.1) is 38.6 Å². The molecule has 0 saturated carbocycles. The molecule has 0 aliphatic carbocycles. The Morgan fingerprint density at radius 1 is 1.00 bits per heavy atom. The summed E-state index contributed by atoms with van der Waals surface area (Å²) in [7, 11) is 6.36. The predicted molar refractivity (Wildman–Crippen MR) is 81.4 cm³/mol. The van der Waals surface area contributed by atoms with Crippen LogP contribution < -0.4 is 14.2 Å². The van der Waals surface area contributed by atoms with Gasteiger partial charge in [-0.05, 0) is 26.7 Å². The first kappa shape index (κ1) is 17.6. The van der Waals surface area contributed by atoms with Crippen LogP contribution in [0.3, 0.4) is 0 Å². The molecule has 1 atom stereocenters. The first-order valence-electron chi connectivity index (χ1n) is 6.91. The molecule has 120 valence electrons. The molecule has 0 aromatic heterocycles. The van der Waals surface area contributed by atoms with Crippen LogP contribution in [0.4, 0.5) is 0 Å². The summed E-state index contributed by atoms with van der Waals surface area (Å²) in [5.74, 6) is 1.72. The minimum absolute atomic E-state index is 0.284. The molecule has 1 aromatic rings. The van der Waals surface area contributed by atoms with Gasteiger partial charge in [-0.25, -0.2) is 0 Å². The van der Waals surface area contributed by atoms with Crippen LogP contribution in [-0.4, -0.2) is 39.1 Å². The van der Waals surface area contributed by atoms with Gasteiger partial charge < -0.3 is 24.1 Å². The van der Waals surface area contributed by atoms with Gasteiger partial charge in [-0.15, -0.1) is 0 Å². The van der Waals surface area contributed by atoms with Crippen molar-refractivity contribution in [3.63, 3.8) is 0 Å². The first-order chi connectivity index (χ1) is 9.88. The average Bonchev–Trinajstić information content (AvgIpc) is 2.51. The van der Waals surface area contributed by atoms with Crippen LogP contribution in [0, 0.1) is 0 Å². The average molecular weight is 298 g/mol. The number of methoxy groups -OCH3 is 4. The number of aliphatic hydroxyl groups excluding tert-OH is 1. The Balaban J connectivity index is 3.04. The number of benzene rings is 1. The number of hydrogen-bond donors (Lipinski definition) is 1. The van der Waals surface area contributed by atoms with Crippen molar-refractivity contribution in [2.45, 2.75) is 38.4 Å². The molecule has 0 bridgehead atoms. The highest BCUT2D eigenvalue weighted by Gasteiger charge is 2.24. The summed E-state index contributed by atoms with van der Waals surface area (Å²) in [6, 6.07) is 3.48. The zero-order valence-electron chi connectivity index (χ0n) is 13.7. The third-order valence-corrected chi connectivity index (χ3v) is 3.66. The van der Waals surface area contributed by atoms with Crippen molar-refractivity contribution >= 4 is 0 Å². The van der Waals surface area contributed by atoms with E-state index in [0.29, 0.717) is 35.7 Å². The highest BCUT2D eigenvalue weighted by atomic mass is 16.5. The maximum atomic E-state index is 10.5. The van der Waals surface area contributed by atoms with Gasteiger partial charge in [-0.2, -0.15) is 0 Å². The molecule has 0 aliphatic heterocycles. The van der Waals surface area contributed by atoms with Gasteiger partial charge in [0.1, 0.15) is 17.2 Å². The standard InChI is InChI=1S/C16H26O5/c1-16(2,21-6)8-7-12(17)15-13(19-4)9-11(18-3)10-14(15)20-5/h9-10,12,17H,7-8H2,1-6H3. The molecule has 0 radical (unpaired) electrons. The van der Waals surface area contributed by atoms with Gasteiger partial charge >= 0.3 is 0 Å². The second kappa shape index (κ2) is 7.52. The fourth-order valence-corrected chi connectivity index (χ4v) is 2.09. The molecule has 0 saturated heterocycles. The summed E-state index contributed by atoms with van der Waals surface area (Å²) in [5, 5.41) is 10.5. The van der Waals surface area contributed by atoms with Gasteiger partial charge in [0.15, 0.2) is 0 Å². The molecule has 0 amide bonds. The van der Waals surface area contributed by atoms with E-state index in [1.54, 1.807) is 40.6 Å². The summed E-state index contributed by atoms with van der Waals surface area (Å²) < 4.78 is 21.3. The number of hydrogen-bond acceptors (Lipinski definition) is 5. The Kier molecular flexibility index (Phi) is 6.30. The molecule has 0 heterocycles. The molecular formula is C16H26O5. The SMILES string of the molecule is COc1cc(OC)c(C(O)CCC(C)(C)OC)c(OC)c1. The molecule has 21 heavy (non-hydrogen) atoms. The summed E-state index contributed by atoms with van der Waals surface area (Å²) in [6.45, 7) is 3.98. The lowest BCUT2D eigenvalue weighted by Crippen LogP contribution is -2.23. The van der Waals surface area contributed by atoms with Crippen molar-refractivity contribution in [3.8, 4) is 17.2 Å². The minimum Gasteiger partial charge on any atom is -0.496 e. The van der Waals surface area contributed by atoms with Crippen LogP contribution >= 0.6 is 0 Å². The Labute approximate surface area is 126 Å². The van der Waals surface area contributed by atoms with E-state index in [1.165, 1.54) is 0 Å². The zero-order valence-corrected chi connectivity index (χ0v) is 13.7. The molecule has 5 heteroatoms. The van der Waals surface area contributed by atoms with E-state index >= 15 is 0 Å². The Morgan fingerprint density at radius 3 is 1.90 bits per heavy atom. The lowest BCUT2D eigenvalue weighted by atomic mass is 9.95. The molecule has 0 aliphatic rings. The van der Waals surface area contributed by atoms with E-state index in [-0.39, 0.29) is 5.60 Å². The minimum atomic E-state index is -0.699. The van der Waals surface area contributed by atoms with E-state index in [2.05, 4.69) is 0 Å². The van der Waals surface area contributed by atoms with Crippen LogP contribution in [0.1, 0.15) is 38.4 Å². The molecule has 5 nitrogen and oxygen atoms in total. The maximum absolute atomic E-state index is 10.5. The van der Waals surface area contributed by atoms with Gasteiger partial charge in [0.2, 0.25) is 0 Å². The van der Waals surface area contributed by atoms with Gasteiger partial charge in [-0.1, -0.05) is 0 Å². The van der Waals surface area contributed by atoms with Gasteiger partial charge in [0.25, 0.3) is 0 Å². The number of aliphatic hydroxyl groups is 1. The van der Waals surface area contributed by atoms with E-state index in [1.807, 2.05) is 13.8 Å². The second-order valence-electron chi connectivity index (χ2n) is 5.46.